The fourth-order valence-electron chi connectivity index (χ4n) is 1.44. The second-order valence-electron chi connectivity index (χ2n) is 3.49. The third-order valence-electron chi connectivity index (χ3n) is 2.26. The second-order valence-corrected chi connectivity index (χ2v) is 3.93. The molecule has 0 atom stereocenters. The number of benzene rings is 2. The fourth-order valence-corrected chi connectivity index (χ4v) is 1.62. The van der Waals surface area contributed by atoms with Crippen molar-refractivity contribution in [1.82, 2.24) is 0 Å². The molecular weight excluding hydrogens is 248 g/mol. The van der Waals surface area contributed by atoms with E-state index in [2.05, 4.69) is 0 Å². The summed E-state index contributed by atoms with van der Waals surface area (Å²) in [7, 11) is 0. The first-order valence-electron chi connectivity index (χ1n) is 5.10. The highest BCUT2D eigenvalue weighted by Gasteiger charge is 2.04. The van der Waals surface area contributed by atoms with Crippen LogP contribution in [0.4, 0.5) is 0 Å². The van der Waals surface area contributed by atoms with E-state index in [1.807, 2.05) is 12.1 Å². The van der Waals surface area contributed by atoms with Gasteiger partial charge in [0.1, 0.15) is 23.6 Å². The van der Waals surface area contributed by atoms with E-state index in [1.54, 1.807) is 36.4 Å². The molecule has 0 aliphatic carbocycles. The van der Waals surface area contributed by atoms with Crippen LogP contribution in [-0.2, 0) is 0 Å². The van der Waals surface area contributed by atoms with Gasteiger partial charge >= 0.3 is 0 Å². The summed E-state index contributed by atoms with van der Waals surface area (Å²) in [5.41, 5.74) is 0.618. The number of hydrogen-bond acceptors (Lipinski definition) is 3. The van der Waals surface area contributed by atoms with Gasteiger partial charge in [0.05, 0.1) is 11.1 Å². The lowest BCUT2D eigenvalue weighted by Crippen LogP contribution is -1.88. The maximum absolute atomic E-state index is 8.91. The van der Waals surface area contributed by atoms with Gasteiger partial charge in [-0.3, -0.25) is 0 Å². The van der Waals surface area contributed by atoms with E-state index < -0.39 is 0 Å². The highest BCUT2D eigenvalue weighted by molar-refractivity contribution is 6.30. The van der Waals surface area contributed by atoms with Crippen LogP contribution in [0.1, 0.15) is 11.1 Å². The molecule has 0 amide bonds. The molecule has 2 rings (SSSR count). The SMILES string of the molecule is N#Cc1ccc(Oc2cccc(Cl)c2)cc1C#N. The van der Waals surface area contributed by atoms with Gasteiger partial charge in [-0.25, -0.2) is 0 Å². The Hall–Kier alpha value is -2.49. The second kappa shape index (κ2) is 5.23. The zero-order valence-electron chi connectivity index (χ0n) is 9.22. The van der Waals surface area contributed by atoms with Crippen molar-refractivity contribution < 1.29 is 4.74 Å². The smallest absolute Gasteiger partial charge is 0.128 e. The topological polar surface area (TPSA) is 56.8 Å². The zero-order chi connectivity index (χ0) is 13.0. The quantitative estimate of drug-likeness (QED) is 0.817. The summed E-state index contributed by atoms with van der Waals surface area (Å²) in [5, 5.41) is 18.3. The average molecular weight is 255 g/mol. The van der Waals surface area contributed by atoms with Gasteiger partial charge in [0, 0.05) is 5.02 Å². The molecule has 0 N–H and O–H groups in total. The van der Waals surface area contributed by atoms with E-state index in [9.17, 15) is 0 Å². The molecule has 0 aromatic heterocycles. The van der Waals surface area contributed by atoms with Crippen molar-refractivity contribution in [1.29, 1.82) is 10.5 Å². The van der Waals surface area contributed by atoms with Gasteiger partial charge in [0.15, 0.2) is 0 Å². The van der Waals surface area contributed by atoms with Crippen molar-refractivity contribution in [2.45, 2.75) is 0 Å². The number of halogens is 1. The number of nitriles is 2. The van der Waals surface area contributed by atoms with Crippen LogP contribution in [0, 0.1) is 22.7 Å². The molecule has 2 aromatic rings. The van der Waals surface area contributed by atoms with Crippen molar-refractivity contribution in [2.24, 2.45) is 0 Å². The fraction of sp³-hybridized carbons (Fsp3) is 0. The van der Waals surface area contributed by atoms with Crippen LogP contribution >= 0.6 is 11.6 Å². The molecule has 0 aliphatic rings. The molecule has 86 valence electrons. The first-order chi connectivity index (χ1) is 8.72. The van der Waals surface area contributed by atoms with Gasteiger partial charge in [-0.2, -0.15) is 10.5 Å². The molecule has 0 fully saturated rings. The predicted molar refractivity (Wildman–Crippen MR) is 67.4 cm³/mol. The van der Waals surface area contributed by atoms with Crippen LogP contribution < -0.4 is 4.74 Å². The lowest BCUT2D eigenvalue weighted by molar-refractivity contribution is 0.482. The Morgan fingerprint density at radius 1 is 0.889 bits per heavy atom. The molecule has 0 saturated carbocycles. The largest absolute Gasteiger partial charge is 0.457 e. The molecular formula is C14H7ClN2O. The summed E-state index contributed by atoms with van der Waals surface area (Å²) in [6.45, 7) is 0. The summed E-state index contributed by atoms with van der Waals surface area (Å²) in [6.07, 6.45) is 0. The Bertz CT molecular complexity index is 668. The van der Waals surface area contributed by atoms with E-state index in [-0.39, 0.29) is 5.56 Å². The molecule has 2 aromatic carbocycles. The third kappa shape index (κ3) is 2.60. The summed E-state index contributed by atoms with van der Waals surface area (Å²) in [6, 6.07) is 15.6. The molecule has 0 radical (unpaired) electrons. The zero-order valence-corrected chi connectivity index (χ0v) is 9.98. The standard InChI is InChI=1S/C14H7ClN2O/c15-12-2-1-3-13(7-12)18-14-5-4-10(8-16)11(6-14)9-17/h1-7H. The Kier molecular flexibility index (Phi) is 3.48. The molecule has 0 aliphatic heterocycles. The van der Waals surface area contributed by atoms with Crippen molar-refractivity contribution >= 4 is 11.6 Å². The average Bonchev–Trinajstić information content (AvgIpc) is 2.38. The summed E-state index contributed by atoms with van der Waals surface area (Å²) >= 11 is 5.84. The van der Waals surface area contributed by atoms with Gasteiger partial charge in [-0.1, -0.05) is 17.7 Å². The summed E-state index contributed by atoms with van der Waals surface area (Å²) in [5.74, 6) is 1.07. The molecule has 0 bridgehead atoms. The summed E-state index contributed by atoms with van der Waals surface area (Å²) in [4.78, 5) is 0. The third-order valence-corrected chi connectivity index (χ3v) is 2.50. The van der Waals surface area contributed by atoms with Crippen LogP contribution in [0.2, 0.25) is 5.02 Å². The molecule has 0 unspecified atom stereocenters. The molecule has 0 spiro atoms. The van der Waals surface area contributed by atoms with E-state index in [0.717, 1.165) is 0 Å². The monoisotopic (exact) mass is 254 g/mol. The first kappa shape index (κ1) is 12.0. The minimum absolute atomic E-state index is 0.289. The normalized spacial score (nSPS) is 9.28. The molecule has 3 nitrogen and oxygen atoms in total. The molecule has 0 heterocycles. The van der Waals surface area contributed by atoms with Gasteiger partial charge < -0.3 is 4.74 Å². The van der Waals surface area contributed by atoms with Gasteiger partial charge in [0.25, 0.3) is 0 Å². The van der Waals surface area contributed by atoms with Gasteiger partial charge in [-0.15, -0.1) is 0 Å². The highest BCUT2D eigenvalue weighted by Crippen LogP contribution is 2.25. The van der Waals surface area contributed by atoms with Gasteiger partial charge in [-0.05, 0) is 36.4 Å². The number of rotatable bonds is 2. The van der Waals surface area contributed by atoms with E-state index in [1.165, 1.54) is 6.07 Å². The van der Waals surface area contributed by atoms with Crippen LogP contribution in [-0.4, -0.2) is 0 Å². The van der Waals surface area contributed by atoms with E-state index in [0.29, 0.717) is 22.1 Å². The van der Waals surface area contributed by atoms with Crippen LogP contribution in [0.25, 0.3) is 0 Å². The Balaban J connectivity index is 2.31. The first-order valence-corrected chi connectivity index (χ1v) is 5.48. The van der Waals surface area contributed by atoms with Crippen LogP contribution in [0.5, 0.6) is 11.5 Å². The minimum atomic E-state index is 0.289. The molecule has 18 heavy (non-hydrogen) atoms. The van der Waals surface area contributed by atoms with E-state index in [4.69, 9.17) is 26.9 Å². The van der Waals surface area contributed by atoms with Gasteiger partial charge in [0.2, 0.25) is 0 Å². The van der Waals surface area contributed by atoms with Crippen LogP contribution in [0.15, 0.2) is 42.5 Å². The Morgan fingerprint density at radius 2 is 1.61 bits per heavy atom. The maximum Gasteiger partial charge on any atom is 0.128 e. The minimum Gasteiger partial charge on any atom is -0.457 e. The molecule has 0 saturated heterocycles. The lowest BCUT2D eigenvalue weighted by Gasteiger charge is -2.06. The predicted octanol–water partition coefficient (Wildman–Crippen LogP) is 3.88. The van der Waals surface area contributed by atoms with E-state index >= 15 is 0 Å². The van der Waals surface area contributed by atoms with Crippen molar-refractivity contribution in [3.05, 3.63) is 58.6 Å². The highest BCUT2D eigenvalue weighted by atomic mass is 35.5. The van der Waals surface area contributed by atoms with Crippen molar-refractivity contribution in [3.8, 4) is 23.6 Å². The van der Waals surface area contributed by atoms with Crippen molar-refractivity contribution in [2.75, 3.05) is 0 Å². The summed E-state index contributed by atoms with van der Waals surface area (Å²) < 4.78 is 5.56. The number of nitrogens with zero attached hydrogens (tertiary/aromatic N) is 2. The number of ether oxygens (including phenoxy) is 1. The van der Waals surface area contributed by atoms with Crippen LogP contribution in [0.3, 0.4) is 0 Å². The Labute approximate surface area is 109 Å². The number of hydrogen-bond donors (Lipinski definition) is 0. The lowest BCUT2D eigenvalue weighted by atomic mass is 10.1. The maximum atomic E-state index is 8.91. The molecule has 4 heteroatoms. The Morgan fingerprint density at radius 3 is 2.28 bits per heavy atom. The van der Waals surface area contributed by atoms with Crippen molar-refractivity contribution in [3.63, 3.8) is 0 Å².